The highest BCUT2D eigenvalue weighted by Crippen LogP contribution is 2.22. The van der Waals surface area contributed by atoms with Crippen LogP contribution < -0.4 is 0 Å². The molecule has 0 spiro atoms. The summed E-state index contributed by atoms with van der Waals surface area (Å²) in [6, 6.07) is 1.50. The van der Waals surface area contributed by atoms with E-state index in [0.29, 0.717) is 5.69 Å². The molecule has 0 radical (unpaired) electrons. The van der Waals surface area contributed by atoms with Gasteiger partial charge in [-0.1, -0.05) is 0 Å². The fourth-order valence-corrected chi connectivity index (χ4v) is 1.22. The largest absolute Gasteiger partial charge is 0.389 e. The van der Waals surface area contributed by atoms with Crippen LogP contribution in [0.1, 0.15) is 29.8 Å². The first-order valence-corrected chi connectivity index (χ1v) is 4.48. The maximum absolute atomic E-state index is 11.8. The summed E-state index contributed by atoms with van der Waals surface area (Å²) in [5.74, 6) is -0.306. The standard InChI is InChI=1S/C9H11F3N2O/c1-14-7(4-6-13-14)8(15)3-2-5-9(10,11)12/h4,6H,2-3,5H2,1H3. The lowest BCUT2D eigenvalue weighted by molar-refractivity contribution is -0.135. The van der Waals surface area contributed by atoms with Crippen LogP contribution in [0, 0.1) is 0 Å². The van der Waals surface area contributed by atoms with Gasteiger partial charge in [0.15, 0.2) is 5.78 Å². The van der Waals surface area contributed by atoms with E-state index in [-0.39, 0.29) is 18.6 Å². The Morgan fingerprint density at radius 3 is 2.67 bits per heavy atom. The number of alkyl halides is 3. The van der Waals surface area contributed by atoms with Crippen LogP contribution >= 0.6 is 0 Å². The fraction of sp³-hybridized carbons (Fsp3) is 0.556. The Kier molecular flexibility index (Phi) is 3.49. The van der Waals surface area contributed by atoms with Crippen molar-refractivity contribution in [3.05, 3.63) is 18.0 Å². The number of halogens is 3. The van der Waals surface area contributed by atoms with Gasteiger partial charge in [-0.3, -0.25) is 9.48 Å². The fourth-order valence-electron chi connectivity index (χ4n) is 1.22. The number of aromatic nitrogens is 2. The first-order chi connectivity index (χ1) is 6.90. The van der Waals surface area contributed by atoms with E-state index in [1.165, 1.54) is 16.9 Å². The number of hydrogen-bond donors (Lipinski definition) is 0. The number of Topliss-reactive ketones (excluding diaryl/α,β-unsaturated/α-hetero) is 1. The van der Waals surface area contributed by atoms with Crippen molar-refractivity contribution in [2.24, 2.45) is 7.05 Å². The Hall–Kier alpha value is -1.33. The van der Waals surface area contributed by atoms with E-state index < -0.39 is 12.6 Å². The highest BCUT2D eigenvalue weighted by Gasteiger charge is 2.26. The quantitative estimate of drug-likeness (QED) is 0.730. The number of ketones is 1. The summed E-state index contributed by atoms with van der Waals surface area (Å²) in [6.45, 7) is 0. The van der Waals surface area contributed by atoms with E-state index in [0.717, 1.165) is 0 Å². The van der Waals surface area contributed by atoms with Crippen LogP contribution in [0.2, 0.25) is 0 Å². The van der Waals surface area contributed by atoms with Gasteiger partial charge in [0.25, 0.3) is 0 Å². The number of hydrogen-bond acceptors (Lipinski definition) is 2. The second-order valence-corrected chi connectivity index (χ2v) is 3.23. The van der Waals surface area contributed by atoms with Crippen LogP contribution in [0.15, 0.2) is 12.3 Å². The van der Waals surface area contributed by atoms with Crippen LogP contribution in [-0.2, 0) is 7.05 Å². The maximum Gasteiger partial charge on any atom is 0.389 e. The smallest absolute Gasteiger partial charge is 0.292 e. The summed E-state index contributed by atoms with van der Waals surface area (Å²) in [6.07, 6.45) is -3.94. The molecule has 1 rings (SSSR count). The van der Waals surface area contributed by atoms with E-state index in [1.807, 2.05) is 0 Å². The summed E-state index contributed by atoms with van der Waals surface area (Å²) in [4.78, 5) is 11.4. The number of aryl methyl sites for hydroxylation is 1. The second-order valence-electron chi connectivity index (χ2n) is 3.23. The molecule has 0 saturated carbocycles. The zero-order valence-electron chi connectivity index (χ0n) is 8.21. The third-order valence-corrected chi connectivity index (χ3v) is 1.97. The molecule has 0 aliphatic carbocycles. The van der Waals surface area contributed by atoms with Crippen LogP contribution in [0.25, 0.3) is 0 Å². The Balaban J connectivity index is 2.41. The molecule has 6 heteroatoms. The summed E-state index contributed by atoms with van der Waals surface area (Å²) < 4.78 is 36.8. The summed E-state index contributed by atoms with van der Waals surface area (Å²) in [5.41, 5.74) is 0.345. The number of nitrogens with zero attached hydrogens (tertiary/aromatic N) is 2. The van der Waals surface area contributed by atoms with Crippen molar-refractivity contribution < 1.29 is 18.0 Å². The molecule has 1 heterocycles. The van der Waals surface area contributed by atoms with E-state index in [1.54, 1.807) is 7.05 Å². The third-order valence-electron chi connectivity index (χ3n) is 1.97. The molecule has 0 bridgehead atoms. The minimum absolute atomic E-state index is 0.0982. The van der Waals surface area contributed by atoms with E-state index in [4.69, 9.17) is 0 Å². The number of carbonyl (C=O) groups excluding carboxylic acids is 1. The SMILES string of the molecule is Cn1nccc1C(=O)CCCC(F)(F)F. The molecule has 0 unspecified atom stereocenters. The molecule has 0 fully saturated rings. The molecule has 0 aliphatic heterocycles. The molecule has 84 valence electrons. The zero-order valence-corrected chi connectivity index (χ0v) is 8.21. The van der Waals surface area contributed by atoms with Gasteiger partial charge in [0.2, 0.25) is 0 Å². The third kappa shape index (κ3) is 3.73. The van der Waals surface area contributed by atoms with E-state index in [9.17, 15) is 18.0 Å². The summed E-state index contributed by atoms with van der Waals surface area (Å²) >= 11 is 0. The van der Waals surface area contributed by atoms with Gasteiger partial charge in [-0.15, -0.1) is 0 Å². The topological polar surface area (TPSA) is 34.9 Å². The van der Waals surface area contributed by atoms with Gasteiger partial charge in [-0.25, -0.2) is 0 Å². The Labute approximate surface area is 84.9 Å². The predicted molar refractivity (Wildman–Crippen MR) is 47.4 cm³/mol. The summed E-state index contributed by atoms with van der Waals surface area (Å²) in [7, 11) is 1.58. The normalized spacial score (nSPS) is 11.7. The van der Waals surface area contributed by atoms with Gasteiger partial charge in [0.1, 0.15) is 5.69 Å². The van der Waals surface area contributed by atoms with Gasteiger partial charge in [0, 0.05) is 26.1 Å². The molecule has 1 aromatic rings. The minimum atomic E-state index is -4.19. The Bertz CT molecular complexity index is 343. The number of rotatable bonds is 4. The molecule has 0 atom stereocenters. The van der Waals surface area contributed by atoms with Crippen molar-refractivity contribution in [2.45, 2.75) is 25.4 Å². The minimum Gasteiger partial charge on any atom is -0.292 e. The molecule has 0 N–H and O–H groups in total. The van der Waals surface area contributed by atoms with Crippen molar-refractivity contribution in [1.29, 1.82) is 0 Å². The molecule has 0 aliphatic rings. The van der Waals surface area contributed by atoms with Gasteiger partial charge in [-0.05, 0) is 12.5 Å². The maximum atomic E-state index is 11.8. The molecule has 3 nitrogen and oxygen atoms in total. The van der Waals surface area contributed by atoms with Crippen LogP contribution in [-0.4, -0.2) is 21.7 Å². The molecule has 0 saturated heterocycles. The lowest BCUT2D eigenvalue weighted by Gasteiger charge is -2.05. The average molecular weight is 220 g/mol. The van der Waals surface area contributed by atoms with Gasteiger partial charge in [-0.2, -0.15) is 18.3 Å². The summed E-state index contributed by atoms with van der Waals surface area (Å²) in [5, 5.41) is 3.77. The Morgan fingerprint density at radius 2 is 2.20 bits per heavy atom. The van der Waals surface area contributed by atoms with Crippen LogP contribution in [0.3, 0.4) is 0 Å². The lowest BCUT2D eigenvalue weighted by atomic mass is 10.1. The zero-order chi connectivity index (χ0) is 11.5. The van der Waals surface area contributed by atoms with Gasteiger partial charge in [0.05, 0.1) is 0 Å². The van der Waals surface area contributed by atoms with E-state index >= 15 is 0 Å². The van der Waals surface area contributed by atoms with Crippen molar-refractivity contribution in [3.8, 4) is 0 Å². The van der Waals surface area contributed by atoms with Crippen molar-refractivity contribution in [1.82, 2.24) is 9.78 Å². The molecule has 0 aromatic carbocycles. The van der Waals surface area contributed by atoms with Crippen LogP contribution in [0.5, 0.6) is 0 Å². The molecule has 15 heavy (non-hydrogen) atoms. The Morgan fingerprint density at radius 1 is 1.53 bits per heavy atom. The highest BCUT2D eigenvalue weighted by molar-refractivity contribution is 5.94. The first kappa shape index (κ1) is 11.7. The van der Waals surface area contributed by atoms with Crippen molar-refractivity contribution >= 4 is 5.78 Å². The number of carbonyl (C=O) groups is 1. The predicted octanol–water partition coefficient (Wildman–Crippen LogP) is 2.34. The van der Waals surface area contributed by atoms with Crippen LogP contribution in [0.4, 0.5) is 13.2 Å². The highest BCUT2D eigenvalue weighted by atomic mass is 19.4. The molecular weight excluding hydrogens is 209 g/mol. The van der Waals surface area contributed by atoms with Crippen molar-refractivity contribution in [2.75, 3.05) is 0 Å². The lowest BCUT2D eigenvalue weighted by Crippen LogP contribution is -2.10. The second kappa shape index (κ2) is 4.46. The molecule has 1 aromatic heterocycles. The van der Waals surface area contributed by atoms with Gasteiger partial charge >= 0.3 is 6.18 Å². The monoisotopic (exact) mass is 220 g/mol. The first-order valence-electron chi connectivity index (χ1n) is 4.48. The average Bonchev–Trinajstić information content (AvgIpc) is 2.48. The van der Waals surface area contributed by atoms with Gasteiger partial charge < -0.3 is 0 Å². The van der Waals surface area contributed by atoms with E-state index in [2.05, 4.69) is 5.10 Å². The molecule has 0 amide bonds. The molecular formula is C9H11F3N2O. The van der Waals surface area contributed by atoms with Crippen molar-refractivity contribution in [3.63, 3.8) is 0 Å².